The zero-order chi connectivity index (χ0) is 21.9. The maximum Gasteiger partial charge on any atom is 0.233 e. The van der Waals surface area contributed by atoms with Gasteiger partial charge in [-0.15, -0.1) is 5.10 Å². The topological polar surface area (TPSA) is 30.3 Å². The van der Waals surface area contributed by atoms with Crippen molar-refractivity contribution in [3.8, 4) is 22.8 Å². The van der Waals surface area contributed by atoms with Gasteiger partial charge in [-0.2, -0.15) is 0 Å². The lowest BCUT2D eigenvalue weighted by molar-refractivity contribution is 0.192. The fraction of sp³-hybridized carbons (Fsp3) is 0.192. The monoisotopic (exact) mass is 463 g/mol. The molecule has 3 aromatic carbocycles. The van der Waals surface area contributed by atoms with E-state index in [0.717, 1.165) is 43.0 Å². The molecule has 0 atom stereocenters. The molecule has 0 amide bonds. The standard InChI is InChI=1S/C26H23Cl2N3O/c27-23-11-10-22(16-24(23)28)31-25(20-7-2-1-3-8-20)17-26(29-31)32-15-14-30-13-12-19-6-4-5-9-21(19)18-30/h1-11,16-17H,12-15,18H2. The molecule has 162 valence electrons. The van der Waals surface area contributed by atoms with E-state index >= 15 is 0 Å². The van der Waals surface area contributed by atoms with Crippen LogP contribution in [0, 0.1) is 0 Å². The minimum Gasteiger partial charge on any atom is -0.475 e. The summed E-state index contributed by atoms with van der Waals surface area (Å²) in [6, 6.07) is 26.3. The van der Waals surface area contributed by atoms with E-state index in [-0.39, 0.29) is 0 Å². The van der Waals surface area contributed by atoms with Gasteiger partial charge in [0.15, 0.2) is 0 Å². The molecule has 0 N–H and O–H groups in total. The Morgan fingerprint density at radius 1 is 0.844 bits per heavy atom. The summed E-state index contributed by atoms with van der Waals surface area (Å²) in [5.41, 5.74) is 5.69. The highest BCUT2D eigenvalue weighted by molar-refractivity contribution is 6.42. The summed E-state index contributed by atoms with van der Waals surface area (Å²) >= 11 is 12.4. The van der Waals surface area contributed by atoms with E-state index in [1.807, 2.05) is 41.1 Å². The lowest BCUT2D eigenvalue weighted by Crippen LogP contribution is -2.33. The van der Waals surface area contributed by atoms with Crippen LogP contribution >= 0.6 is 23.2 Å². The number of halogens is 2. The van der Waals surface area contributed by atoms with E-state index in [0.29, 0.717) is 22.5 Å². The van der Waals surface area contributed by atoms with E-state index in [1.54, 1.807) is 6.07 Å². The first-order valence-electron chi connectivity index (χ1n) is 10.7. The third-order valence-electron chi connectivity index (χ3n) is 5.77. The van der Waals surface area contributed by atoms with Gasteiger partial charge >= 0.3 is 0 Å². The van der Waals surface area contributed by atoms with Crippen LogP contribution in [0.2, 0.25) is 10.0 Å². The second-order valence-electron chi connectivity index (χ2n) is 7.89. The molecular formula is C26H23Cl2N3O. The first-order chi connectivity index (χ1) is 15.7. The molecule has 1 aromatic heterocycles. The smallest absolute Gasteiger partial charge is 0.233 e. The van der Waals surface area contributed by atoms with Crippen molar-refractivity contribution in [3.05, 3.63) is 100 Å². The molecule has 4 nitrogen and oxygen atoms in total. The third-order valence-corrected chi connectivity index (χ3v) is 6.51. The van der Waals surface area contributed by atoms with Crippen LogP contribution < -0.4 is 4.74 Å². The second kappa shape index (κ2) is 9.37. The lowest BCUT2D eigenvalue weighted by atomic mass is 10.0. The highest BCUT2D eigenvalue weighted by atomic mass is 35.5. The van der Waals surface area contributed by atoms with Crippen molar-refractivity contribution in [3.63, 3.8) is 0 Å². The van der Waals surface area contributed by atoms with E-state index in [1.165, 1.54) is 11.1 Å². The highest BCUT2D eigenvalue weighted by Gasteiger charge is 2.17. The van der Waals surface area contributed by atoms with E-state index in [4.69, 9.17) is 33.0 Å². The quantitative estimate of drug-likeness (QED) is 0.336. The van der Waals surface area contributed by atoms with Crippen molar-refractivity contribution in [2.75, 3.05) is 19.7 Å². The molecule has 0 saturated carbocycles. The van der Waals surface area contributed by atoms with Gasteiger partial charge in [0.1, 0.15) is 6.61 Å². The van der Waals surface area contributed by atoms with Gasteiger partial charge in [-0.3, -0.25) is 4.90 Å². The Hall–Kier alpha value is -2.79. The van der Waals surface area contributed by atoms with Gasteiger partial charge in [0.25, 0.3) is 0 Å². The van der Waals surface area contributed by atoms with Crippen molar-refractivity contribution in [1.29, 1.82) is 0 Å². The van der Waals surface area contributed by atoms with Crippen molar-refractivity contribution in [2.45, 2.75) is 13.0 Å². The number of ether oxygens (including phenoxy) is 1. The predicted molar refractivity (Wildman–Crippen MR) is 130 cm³/mol. The molecule has 2 heterocycles. The van der Waals surface area contributed by atoms with Crippen molar-refractivity contribution < 1.29 is 4.74 Å². The molecule has 1 aliphatic heterocycles. The number of benzene rings is 3. The van der Waals surface area contributed by atoms with E-state index in [9.17, 15) is 0 Å². The molecule has 0 fully saturated rings. The lowest BCUT2D eigenvalue weighted by Gasteiger charge is -2.28. The molecule has 4 aromatic rings. The number of fused-ring (bicyclic) bond motifs is 1. The SMILES string of the molecule is Clc1ccc(-n2nc(OCCN3CCc4ccccc4C3)cc2-c2ccccc2)cc1Cl. The summed E-state index contributed by atoms with van der Waals surface area (Å²) in [5.74, 6) is 0.590. The zero-order valence-corrected chi connectivity index (χ0v) is 19.1. The van der Waals surface area contributed by atoms with Gasteiger partial charge in [-0.05, 0) is 35.7 Å². The predicted octanol–water partition coefficient (Wildman–Crippen LogP) is 6.28. The van der Waals surface area contributed by atoms with Crippen LogP contribution in [0.1, 0.15) is 11.1 Å². The van der Waals surface area contributed by atoms with Gasteiger partial charge < -0.3 is 4.74 Å². The van der Waals surface area contributed by atoms with Crippen molar-refractivity contribution in [1.82, 2.24) is 14.7 Å². The Morgan fingerprint density at radius 3 is 2.44 bits per heavy atom. The van der Waals surface area contributed by atoms with E-state index in [2.05, 4.69) is 41.3 Å². The summed E-state index contributed by atoms with van der Waals surface area (Å²) in [6.45, 7) is 3.45. The summed E-state index contributed by atoms with van der Waals surface area (Å²) < 4.78 is 7.93. The molecule has 6 heteroatoms. The third kappa shape index (κ3) is 4.53. The molecule has 0 spiro atoms. The normalized spacial score (nSPS) is 13.7. The van der Waals surface area contributed by atoms with Gasteiger partial charge in [0.05, 0.1) is 21.4 Å². The highest BCUT2D eigenvalue weighted by Crippen LogP contribution is 2.30. The fourth-order valence-electron chi connectivity index (χ4n) is 4.08. The number of rotatable bonds is 6. The summed E-state index contributed by atoms with van der Waals surface area (Å²) in [7, 11) is 0. The van der Waals surface area contributed by atoms with Gasteiger partial charge in [0.2, 0.25) is 5.88 Å². The van der Waals surface area contributed by atoms with Crippen LogP contribution in [0.4, 0.5) is 0 Å². The first-order valence-corrected chi connectivity index (χ1v) is 11.5. The summed E-state index contributed by atoms with van der Waals surface area (Å²) in [6.07, 6.45) is 1.08. The van der Waals surface area contributed by atoms with Crippen LogP contribution in [0.5, 0.6) is 5.88 Å². The van der Waals surface area contributed by atoms with Crippen LogP contribution in [-0.4, -0.2) is 34.4 Å². The van der Waals surface area contributed by atoms with E-state index < -0.39 is 0 Å². The average molecular weight is 464 g/mol. The maximum atomic E-state index is 6.26. The minimum absolute atomic E-state index is 0.492. The molecule has 0 aliphatic carbocycles. The molecule has 5 rings (SSSR count). The Kier molecular flexibility index (Phi) is 6.17. The number of nitrogens with zero attached hydrogens (tertiary/aromatic N) is 3. The number of hydrogen-bond donors (Lipinski definition) is 0. The van der Waals surface area contributed by atoms with Crippen LogP contribution in [-0.2, 0) is 13.0 Å². The first kappa shape index (κ1) is 21.1. The van der Waals surface area contributed by atoms with Crippen molar-refractivity contribution >= 4 is 23.2 Å². The Morgan fingerprint density at radius 2 is 1.62 bits per heavy atom. The average Bonchev–Trinajstić information content (AvgIpc) is 3.25. The maximum absolute atomic E-state index is 6.26. The molecule has 0 radical (unpaired) electrons. The molecule has 32 heavy (non-hydrogen) atoms. The summed E-state index contributed by atoms with van der Waals surface area (Å²) in [5, 5.41) is 5.73. The van der Waals surface area contributed by atoms with Crippen LogP contribution in [0.15, 0.2) is 78.9 Å². The Labute approximate surface area is 198 Å². The Bertz CT molecular complexity index is 1220. The molecule has 0 saturated heterocycles. The van der Waals surface area contributed by atoms with Gasteiger partial charge in [-0.1, -0.05) is 77.8 Å². The second-order valence-corrected chi connectivity index (χ2v) is 8.70. The number of aromatic nitrogens is 2. The molecule has 0 unspecified atom stereocenters. The van der Waals surface area contributed by atoms with Crippen LogP contribution in [0.3, 0.4) is 0 Å². The van der Waals surface area contributed by atoms with Crippen molar-refractivity contribution in [2.24, 2.45) is 0 Å². The van der Waals surface area contributed by atoms with Gasteiger partial charge in [0, 0.05) is 31.3 Å². The van der Waals surface area contributed by atoms with Gasteiger partial charge in [-0.25, -0.2) is 4.68 Å². The molecule has 1 aliphatic rings. The Balaban J connectivity index is 1.33. The zero-order valence-electron chi connectivity index (χ0n) is 17.5. The fourth-order valence-corrected chi connectivity index (χ4v) is 4.37. The minimum atomic E-state index is 0.492. The van der Waals surface area contributed by atoms with Crippen LogP contribution in [0.25, 0.3) is 16.9 Å². The largest absolute Gasteiger partial charge is 0.475 e. The molecular weight excluding hydrogens is 441 g/mol. The summed E-state index contributed by atoms with van der Waals surface area (Å²) in [4.78, 5) is 2.43. The molecule has 0 bridgehead atoms. The number of hydrogen-bond acceptors (Lipinski definition) is 3.